The van der Waals surface area contributed by atoms with Crippen LogP contribution in [0.1, 0.15) is 40.5 Å². The smallest absolute Gasteiger partial charge is 0.326 e. The van der Waals surface area contributed by atoms with Crippen molar-refractivity contribution in [3.63, 3.8) is 0 Å². The van der Waals surface area contributed by atoms with Gasteiger partial charge in [0.1, 0.15) is 6.04 Å². The molecule has 0 aliphatic heterocycles. The number of hydrogen-bond donors (Lipinski definition) is 3. The van der Waals surface area contributed by atoms with E-state index in [0.717, 1.165) is 0 Å². The number of rotatable bonds is 7. The second kappa shape index (κ2) is 10.7. The highest BCUT2D eigenvalue weighted by Gasteiger charge is 2.24. The third kappa shape index (κ3) is 10.4. The average Bonchev–Trinajstić information content (AvgIpc) is 2.14. The van der Waals surface area contributed by atoms with Gasteiger partial charge in [0.05, 0.1) is 6.04 Å². The molecule has 7 heteroatoms. The van der Waals surface area contributed by atoms with Crippen LogP contribution in [0.15, 0.2) is 0 Å². The van der Waals surface area contributed by atoms with Crippen LogP contribution >= 0.6 is 0 Å². The maximum Gasteiger partial charge on any atom is 0.326 e. The molecule has 7 nitrogen and oxygen atoms in total. The van der Waals surface area contributed by atoms with Crippen LogP contribution in [0.4, 0.5) is 0 Å². The molecular weight excluding hydrogens is 252 g/mol. The predicted molar refractivity (Wildman–Crippen MR) is 73.7 cm³/mol. The number of carboxylic acid groups (broad SMARTS) is 1. The largest absolute Gasteiger partial charge is 0.480 e. The first kappa shape index (κ1) is 23.0. The van der Waals surface area contributed by atoms with E-state index in [4.69, 9.17) is 10.8 Å². The van der Waals surface area contributed by atoms with E-state index in [1.165, 1.54) is 0 Å². The maximum atomic E-state index is 11.7. The van der Waals surface area contributed by atoms with E-state index >= 15 is 0 Å². The molecule has 0 saturated carbocycles. The van der Waals surface area contributed by atoms with Gasteiger partial charge in [0.2, 0.25) is 5.91 Å². The molecular formula is C12H28N2O5. The number of aliphatic carboxylic acids is 1. The molecule has 0 rings (SSSR count). The molecule has 0 aromatic rings. The Morgan fingerprint density at radius 2 is 1.47 bits per heavy atom. The molecule has 0 heterocycles. The van der Waals surface area contributed by atoms with Crippen molar-refractivity contribution in [2.45, 2.75) is 52.6 Å². The summed E-state index contributed by atoms with van der Waals surface area (Å²) in [5.74, 6) is -0.877. The zero-order chi connectivity index (χ0) is 13.6. The second-order valence-corrected chi connectivity index (χ2v) is 5.27. The lowest BCUT2D eigenvalue weighted by atomic mass is 10.0. The van der Waals surface area contributed by atoms with Crippen molar-refractivity contribution in [1.82, 2.24) is 5.32 Å². The monoisotopic (exact) mass is 280 g/mol. The molecule has 0 bridgehead atoms. The summed E-state index contributed by atoms with van der Waals surface area (Å²) in [5.41, 5.74) is 5.69. The molecule has 0 radical (unpaired) electrons. The Morgan fingerprint density at radius 3 is 1.79 bits per heavy atom. The van der Waals surface area contributed by atoms with E-state index in [1.54, 1.807) is 0 Å². The van der Waals surface area contributed by atoms with Gasteiger partial charge >= 0.3 is 5.97 Å². The van der Waals surface area contributed by atoms with Crippen LogP contribution in [0.25, 0.3) is 0 Å². The van der Waals surface area contributed by atoms with Crippen LogP contribution in [-0.2, 0) is 9.59 Å². The minimum Gasteiger partial charge on any atom is -0.480 e. The van der Waals surface area contributed by atoms with E-state index in [9.17, 15) is 9.59 Å². The van der Waals surface area contributed by atoms with Gasteiger partial charge in [0.25, 0.3) is 0 Å². The molecule has 0 aliphatic carbocycles. The fraction of sp³-hybridized carbons (Fsp3) is 0.833. The number of carbonyl (C=O) groups is 2. The summed E-state index contributed by atoms with van der Waals surface area (Å²) in [6.07, 6.45) is 0.968. The van der Waals surface area contributed by atoms with Gasteiger partial charge in [-0.1, -0.05) is 27.7 Å². The molecule has 19 heavy (non-hydrogen) atoms. The fourth-order valence-corrected chi connectivity index (χ4v) is 1.59. The van der Waals surface area contributed by atoms with Crippen LogP contribution < -0.4 is 11.1 Å². The topological polar surface area (TPSA) is 155 Å². The van der Waals surface area contributed by atoms with Crippen LogP contribution in [0.2, 0.25) is 0 Å². The summed E-state index contributed by atoms with van der Waals surface area (Å²) in [7, 11) is 0. The Bertz CT molecular complexity index is 269. The Kier molecular flexibility index (Phi) is 12.9. The molecule has 2 atom stereocenters. The lowest BCUT2D eigenvalue weighted by Crippen LogP contribution is -2.49. The van der Waals surface area contributed by atoms with Crippen LogP contribution in [0, 0.1) is 11.8 Å². The first-order chi connectivity index (χ1) is 7.73. The highest BCUT2D eigenvalue weighted by Crippen LogP contribution is 2.07. The summed E-state index contributed by atoms with van der Waals surface area (Å²) >= 11 is 0. The molecule has 0 aromatic carbocycles. The Morgan fingerprint density at radius 1 is 1.05 bits per heavy atom. The van der Waals surface area contributed by atoms with Gasteiger partial charge in [-0.25, -0.2) is 4.79 Å². The summed E-state index contributed by atoms with van der Waals surface area (Å²) in [4.78, 5) is 22.6. The van der Waals surface area contributed by atoms with Crippen molar-refractivity contribution in [3.8, 4) is 0 Å². The zero-order valence-corrected chi connectivity index (χ0v) is 12.1. The van der Waals surface area contributed by atoms with Crippen molar-refractivity contribution >= 4 is 11.9 Å². The molecule has 116 valence electrons. The molecule has 0 spiro atoms. The lowest BCUT2D eigenvalue weighted by molar-refractivity contribution is -0.142. The summed E-state index contributed by atoms with van der Waals surface area (Å²) in [6, 6.07) is -1.48. The zero-order valence-electron chi connectivity index (χ0n) is 12.1. The summed E-state index contributed by atoms with van der Waals surface area (Å²) < 4.78 is 0. The Hall–Kier alpha value is -1.18. The minimum atomic E-state index is -1.01. The van der Waals surface area contributed by atoms with Gasteiger partial charge in [-0.2, -0.15) is 0 Å². The average molecular weight is 280 g/mol. The van der Waals surface area contributed by atoms with E-state index < -0.39 is 18.1 Å². The van der Waals surface area contributed by atoms with Crippen LogP contribution in [-0.4, -0.2) is 40.0 Å². The molecule has 8 N–H and O–H groups in total. The first-order valence-electron chi connectivity index (χ1n) is 6.02. The SMILES string of the molecule is CC(C)C[C@H](N)C(=O)N[C@H](CC(C)C)C(=O)O.O.O. The Balaban J connectivity index is -0.00000128. The third-order valence-corrected chi connectivity index (χ3v) is 2.38. The van der Waals surface area contributed by atoms with E-state index in [-0.39, 0.29) is 22.8 Å². The maximum absolute atomic E-state index is 11.7. The van der Waals surface area contributed by atoms with Crippen molar-refractivity contribution in [2.24, 2.45) is 17.6 Å². The molecule has 1 amide bonds. The standard InChI is InChI=1S/C12H24N2O3.2H2O/c1-7(2)5-9(13)11(15)14-10(12(16)17)6-8(3)4;;/h7-10H,5-6,13H2,1-4H3,(H,14,15)(H,16,17);2*1H2/t9-,10+;;/m0../s1. The van der Waals surface area contributed by atoms with Crippen molar-refractivity contribution in [2.75, 3.05) is 0 Å². The van der Waals surface area contributed by atoms with Gasteiger partial charge in [0, 0.05) is 0 Å². The fourth-order valence-electron chi connectivity index (χ4n) is 1.59. The van der Waals surface area contributed by atoms with Gasteiger partial charge < -0.3 is 27.1 Å². The number of nitrogens with two attached hydrogens (primary N) is 1. The van der Waals surface area contributed by atoms with E-state index in [0.29, 0.717) is 18.8 Å². The van der Waals surface area contributed by atoms with Crippen molar-refractivity contribution in [3.05, 3.63) is 0 Å². The van der Waals surface area contributed by atoms with Crippen LogP contribution in [0.5, 0.6) is 0 Å². The number of nitrogens with one attached hydrogen (secondary N) is 1. The van der Waals surface area contributed by atoms with E-state index in [2.05, 4.69) is 5.32 Å². The van der Waals surface area contributed by atoms with Crippen molar-refractivity contribution in [1.29, 1.82) is 0 Å². The summed E-state index contributed by atoms with van der Waals surface area (Å²) in [5, 5.41) is 11.5. The third-order valence-electron chi connectivity index (χ3n) is 2.38. The lowest BCUT2D eigenvalue weighted by Gasteiger charge is -2.20. The number of hydrogen-bond acceptors (Lipinski definition) is 3. The highest BCUT2D eigenvalue weighted by molar-refractivity contribution is 5.86. The molecule has 0 aromatic heterocycles. The first-order valence-corrected chi connectivity index (χ1v) is 6.02. The predicted octanol–water partition coefficient (Wildman–Crippen LogP) is -0.674. The number of carbonyl (C=O) groups excluding carboxylic acids is 1. The normalized spacial score (nSPS) is 13.2. The number of amides is 1. The van der Waals surface area contributed by atoms with E-state index in [1.807, 2.05) is 27.7 Å². The number of carboxylic acids is 1. The molecule has 0 saturated heterocycles. The highest BCUT2D eigenvalue weighted by atomic mass is 16.4. The quantitative estimate of drug-likeness (QED) is 0.565. The summed E-state index contributed by atoms with van der Waals surface area (Å²) in [6.45, 7) is 7.76. The van der Waals surface area contributed by atoms with Gasteiger partial charge in [-0.3, -0.25) is 4.79 Å². The van der Waals surface area contributed by atoms with Gasteiger partial charge in [-0.05, 0) is 24.7 Å². The molecule has 0 unspecified atom stereocenters. The van der Waals surface area contributed by atoms with Crippen molar-refractivity contribution < 1.29 is 25.6 Å². The van der Waals surface area contributed by atoms with Gasteiger partial charge in [-0.15, -0.1) is 0 Å². The molecule has 0 fully saturated rings. The minimum absolute atomic E-state index is 0. The van der Waals surface area contributed by atoms with Crippen LogP contribution in [0.3, 0.4) is 0 Å². The molecule has 0 aliphatic rings. The second-order valence-electron chi connectivity index (χ2n) is 5.27. The Labute approximate surface area is 114 Å². The van der Waals surface area contributed by atoms with Gasteiger partial charge in [0.15, 0.2) is 0 Å².